The average Bonchev–Trinajstić information content (AvgIpc) is 2.77. The molecule has 3 aromatic rings. The van der Waals surface area contributed by atoms with Crippen LogP contribution < -0.4 is 9.64 Å². The predicted octanol–water partition coefficient (Wildman–Crippen LogP) is 6.09. The van der Waals surface area contributed by atoms with E-state index >= 15 is 0 Å². The van der Waals surface area contributed by atoms with Gasteiger partial charge in [0, 0.05) is 12.1 Å². The molecule has 0 spiro atoms. The maximum absolute atomic E-state index is 12.8. The largest absolute Gasteiger partial charge is 0.497 e. The number of benzene rings is 3. The molecule has 0 saturated carbocycles. The summed E-state index contributed by atoms with van der Waals surface area (Å²) >= 11 is 0. The number of hydrogen-bond donors (Lipinski definition) is 0. The van der Waals surface area contributed by atoms with E-state index in [1.54, 1.807) is 7.11 Å². The van der Waals surface area contributed by atoms with Crippen molar-refractivity contribution < 1.29 is 9.53 Å². The van der Waals surface area contributed by atoms with Gasteiger partial charge in [0.15, 0.2) is 0 Å². The highest BCUT2D eigenvalue weighted by molar-refractivity contribution is 5.93. The van der Waals surface area contributed by atoms with Gasteiger partial charge in [-0.3, -0.25) is 4.79 Å². The minimum Gasteiger partial charge on any atom is -0.497 e. The molecule has 0 atom stereocenters. The Morgan fingerprint density at radius 1 is 0.857 bits per heavy atom. The smallest absolute Gasteiger partial charge is 0.227 e. The molecule has 0 aliphatic heterocycles. The van der Waals surface area contributed by atoms with Gasteiger partial charge in [0.25, 0.3) is 0 Å². The number of carbonyl (C=O) groups excluding carboxylic acids is 1. The summed E-state index contributed by atoms with van der Waals surface area (Å²) in [5, 5.41) is 0. The lowest BCUT2D eigenvalue weighted by Crippen LogP contribution is -2.30. The Kier molecular flexibility index (Phi) is 6.85. The molecule has 0 heterocycles. The average molecular weight is 373 g/mol. The molecule has 0 aliphatic rings. The van der Waals surface area contributed by atoms with E-state index in [0.717, 1.165) is 29.8 Å². The Hall–Kier alpha value is -3.07. The number of hydrogen-bond acceptors (Lipinski definition) is 2. The van der Waals surface area contributed by atoms with E-state index in [9.17, 15) is 4.79 Å². The predicted molar refractivity (Wildman–Crippen MR) is 116 cm³/mol. The molecule has 0 radical (unpaired) electrons. The molecule has 0 bridgehead atoms. The van der Waals surface area contributed by atoms with Crippen LogP contribution in [0.3, 0.4) is 0 Å². The SMILES string of the molecule is CCCCC(=O)N(Cc1ccc(-c2ccccc2)cc1)c1ccc(OC)cc1. The van der Waals surface area contributed by atoms with Crippen molar-refractivity contribution in [1.29, 1.82) is 0 Å². The topological polar surface area (TPSA) is 29.5 Å². The van der Waals surface area contributed by atoms with Crippen LogP contribution in [-0.2, 0) is 11.3 Å². The summed E-state index contributed by atoms with van der Waals surface area (Å²) in [6.07, 6.45) is 2.47. The second kappa shape index (κ2) is 9.75. The molecule has 0 aromatic heterocycles. The maximum atomic E-state index is 12.8. The van der Waals surface area contributed by atoms with Gasteiger partial charge in [0.05, 0.1) is 13.7 Å². The zero-order valence-electron chi connectivity index (χ0n) is 16.6. The fourth-order valence-electron chi connectivity index (χ4n) is 3.16. The molecular formula is C25H27NO2. The summed E-state index contributed by atoms with van der Waals surface area (Å²) in [5.41, 5.74) is 4.38. The Morgan fingerprint density at radius 2 is 1.50 bits per heavy atom. The van der Waals surface area contributed by atoms with Crippen LogP contribution in [0.1, 0.15) is 31.7 Å². The second-order valence-corrected chi connectivity index (χ2v) is 6.84. The van der Waals surface area contributed by atoms with Gasteiger partial charge >= 0.3 is 0 Å². The number of carbonyl (C=O) groups is 1. The molecule has 0 fully saturated rings. The minimum absolute atomic E-state index is 0.152. The van der Waals surface area contributed by atoms with Gasteiger partial charge in [-0.1, -0.05) is 67.9 Å². The summed E-state index contributed by atoms with van der Waals surface area (Å²) in [4.78, 5) is 14.7. The first-order valence-electron chi connectivity index (χ1n) is 9.80. The normalized spacial score (nSPS) is 10.5. The fraction of sp³-hybridized carbons (Fsp3) is 0.240. The number of nitrogens with zero attached hydrogens (tertiary/aromatic N) is 1. The molecule has 3 nitrogen and oxygen atoms in total. The Balaban J connectivity index is 1.81. The highest BCUT2D eigenvalue weighted by Crippen LogP contribution is 2.24. The summed E-state index contributed by atoms with van der Waals surface area (Å²) < 4.78 is 5.24. The van der Waals surface area contributed by atoms with E-state index in [1.165, 1.54) is 11.1 Å². The third-order valence-corrected chi connectivity index (χ3v) is 4.83. The van der Waals surface area contributed by atoms with Crippen molar-refractivity contribution in [2.75, 3.05) is 12.0 Å². The zero-order valence-corrected chi connectivity index (χ0v) is 16.6. The van der Waals surface area contributed by atoms with Gasteiger partial charge in [0.2, 0.25) is 5.91 Å². The fourth-order valence-corrected chi connectivity index (χ4v) is 3.16. The second-order valence-electron chi connectivity index (χ2n) is 6.84. The van der Waals surface area contributed by atoms with E-state index in [-0.39, 0.29) is 5.91 Å². The molecule has 0 N–H and O–H groups in total. The monoisotopic (exact) mass is 373 g/mol. The lowest BCUT2D eigenvalue weighted by molar-refractivity contribution is -0.118. The Labute approximate surface area is 167 Å². The first-order chi connectivity index (χ1) is 13.7. The Bertz CT molecular complexity index is 871. The maximum Gasteiger partial charge on any atom is 0.227 e. The Morgan fingerprint density at radius 3 is 2.11 bits per heavy atom. The highest BCUT2D eigenvalue weighted by atomic mass is 16.5. The number of unbranched alkanes of at least 4 members (excludes halogenated alkanes) is 1. The molecule has 0 saturated heterocycles. The van der Waals surface area contributed by atoms with Gasteiger partial charge in [-0.25, -0.2) is 0 Å². The summed E-state index contributed by atoms with van der Waals surface area (Å²) in [7, 11) is 1.65. The highest BCUT2D eigenvalue weighted by Gasteiger charge is 2.16. The van der Waals surface area contributed by atoms with Crippen molar-refractivity contribution in [3.8, 4) is 16.9 Å². The molecule has 3 rings (SSSR count). The molecule has 0 unspecified atom stereocenters. The number of anilines is 1. The van der Waals surface area contributed by atoms with Crippen molar-refractivity contribution in [2.45, 2.75) is 32.7 Å². The van der Waals surface area contributed by atoms with Crippen LogP contribution in [0.4, 0.5) is 5.69 Å². The van der Waals surface area contributed by atoms with Gasteiger partial charge in [-0.15, -0.1) is 0 Å². The van der Waals surface area contributed by atoms with Crippen LogP contribution in [0, 0.1) is 0 Å². The minimum atomic E-state index is 0.152. The van der Waals surface area contributed by atoms with Crippen molar-refractivity contribution in [2.24, 2.45) is 0 Å². The molecule has 144 valence electrons. The zero-order chi connectivity index (χ0) is 19.8. The van der Waals surface area contributed by atoms with Gasteiger partial charge < -0.3 is 9.64 Å². The molecule has 0 aliphatic carbocycles. The lowest BCUT2D eigenvalue weighted by Gasteiger charge is -2.23. The van der Waals surface area contributed by atoms with Crippen LogP contribution in [0.25, 0.3) is 11.1 Å². The molecule has 28 heavy (non-hydrogen) atoms. The molecule has 1 amide bonds. The van der Waals surface area contributed by atoms with Gasteiger partial charge in [-0.05, 0) is 47.4 Å². The van der Waals surface area contributed by atoms with Crippen molar-refractivity contribution in [3.05, 3.63) is 84.4 Å². The quantitative estimate of drug-likeness (QED) is 0.478. The number of ether oxygens (including phenoxy) is 1. The summed E-state index contributed by atoms with van der Waals surface area (Å²) in [5.74, 6) is 0.941. The van der Waals surface area contributed by atoms with Crippen LogP contribution in [0.5, 0.6) is 5.75 Å². The molecule has 3 heteroatoms. The summed E-state index contributed by atoms with van der Waals surface area (Å²) in [6.45, 7) is 2.66. The van der Waals surface area contributed by atoms with Crippen molar-refractivity contribution >= 4 is 11.6 Å². The number of methoxy groups -OCH3 is 1. The van der Waals surface area contributed by atoms with E-state index in [1.807, 2.05) is 47.4 Å². The number of rotatable bonds is 8. The van der Waals surface area contributed by atoms with E-state index in [4.69, 9.17) is 4.74 Å². The number of amides is 1. The summed E-state index contributed by atoms with van der Waals surface area (Å²) in [6, 6.07) is 26.4. The van der Waals surface area contributed by atoms with Gasteiger partial charge in [0.1, 0.15) is 5.75 Å². The van der Waals surface area contributed by atoms with Crippen molar-refractivity contribution in [1.82, 2.24) is 0 Å². The van der Waals surface area contributed by atoms with Crippen molar-refractivity contribution in [3.63, 3.8) is 0 Å². The van der Waals surface area contributed by atoms with E-state index in [2.05, 4.69) is 43.3 Å². The van der Waals surface area contributed by atoms with Crippen LogP contribution >= 0.6 is 0 Å². The standard InChI is InChI=1S/C25H27NO2/c1-3-4-10-25(27)26(23-15-17-24(28-2)18-16-23)19-20-11-13-22(14-12-20)21-8-6-5-7-9-21/h5-9,11-18H,3-4,10,19H2,1-2H3. The van der Waals surface area contributed by atoms with Crippen LogP contribution in [-0.4, -0.2) is 13.0 Å². The first kappa shape index (κ1) is 19.7. The van der Waals surface area contributed by atoms with E-state index in [0.29, 0.717) is 13.0 Å². The van der Waals surface area contributed by atoms with Gasteiger partial charge in [-0.2, -0.15) is 0 Å². The third kappa shape index (κ3) is 5.01. The van der Waals surface area contributed by atoms with Crippen LogP contribution in [0.15, 0.2) is 78.9 Å². The van der Waals surface area contributed by atoms with E-state index < -0.39 is 0 Å². The molecular weight excluding hydrogens is 346 g/mol. The van der Waals surface area contributed by atoms with Crippen LogP contribution in [0.2, 0.25) is 0 Å². The molecule has 3 aromatic carbocycles. The third-order valence-electron chi connectivity index (χ3n) is 4.83. The first-order valence-corrected chi connectivity index (χ1v) is 9.80. The lowest BCUT2D eigenvalue weighted by atomic mass is 10.0.